The molecule has 0 aromatic heterocycles. The molecule has 1 fully saturated rings. The van der Waals surface area contributed by atoms with Crippen molar-refractivity contribution in [3.8, 4) is 6.07 Å². The Morgan fingerprint density at radius 2 is 1.95 bits per heavy atom. The maximum absolute atomic E-state index is 11.7. The van der Waals surface area contributed by atoms with Gasteiger partial charge in [-0.2, -0.15) is 5.26 Å². The molecule has 0 spiro atoms. The Hall–Kier alpha value is -2.13. The van der Waals surface area contributed by atoms with Crippen LogP contribution in [0.4, 0.5) is 5.69 Å². The van der Waals surface area contributed by atoms with Crippen LogP contribution in [0.25, 0.3) is 0 Å². The molecule has 2 N–H and O–H groups in total. The van der Waals surface area contributed by atoms with Gasteiger partial charge in [0.05, 0.1) is 12.1 Å². The van der Waals surface area contributed by atoms with Gasteiger partial charge in [-0.15, -0.1) is 0 Å². The lowest BCUT2D eigenvalue weighted by molar-refractivity contribution is -0.123. The number of hydrogen-bond acceptors (Lipinski definition) is 4. The summed E-state index contributed by atoms with van der Waals surface area (Å²) in [6.07, 6.45) is 0. The Labute approximate surface area is 117 Å². The minimum Gasteiger partial charge on any atom is -0.378 e. The first-order valence-corrected chi connectivity index (χ1v) is 6.22. The molecule has 1 saturated heterocycles. The smallest absolute Gasteiger partial charge is 0.245 e. The molecule has 6 heteroatoms. The quantitative estimate of drug-likeness (QED) is 0.786. The van der Waals surface area contributed by atoms with Gasteiger partial charge in [0.2, 0.25) is 5.91 Å². The van der Waals surface area contributed by atoms with Crippen molar-refractivity contribution in [3.63, 3.8) is 0 Å². The average molecular weight is 274 g/mol. The maximum Gasteiger partial charge on any atom is 0.245 e. The highest BCUT2D eigenvalue weighted by Crippen LogP contribution is 2.26. The molecule has 2 rings (SSSR count). The Morgan fingerprint density at radius 1 is 1.32 bits per heavy atom. The third kappa shape index (κ3) is 2.66. The van der Waals surface area contributed by atoms with Gasteiger partial charge in [-0.05, 0) is 29.9 Å². The van der Waals surface area contributed by atoms with Crippen molar-refractivity contribution in [1.29, 1.82) is 5.26 Å². The Bertz CT molecular complexity index is 547. The second-order valence-electron chi connectivity index (χ2n) is 4.53. The van der Waals surface area contributed by atoms with E-state index in [9.17, 15) is 4.79 Å². The zero-order valence-electron chi connectivity index (χ0n) is 10.7. The SMILES string of the molecule is CN(C)c1ccc([C@@H]2NC(=S)NC(=O)[C@@H]2C#N)cc1. The molecule has 1 aromatic rings. The van der Waals surface area contributed by atoms with Gasteiger partial charge in [-0.1, -0.05) is 12.1 Å². The van der Waals surface area contributed by atoms with Crippen LogP contribution < -0.4 is 15.5 Å². The van der Waals surface area contributed by atoms with Crippen LogP contribution in [0.5, 0.6) is 0 Å². The lowest BCUT2D eigenvalue weighted by Gasteiger charge is -2.29. The van der Waals surface area contributed by atoms with Crippen molar-refractivity contribution in [2.45, 2.75) is 6.04 Å². The van der Waals surface area contributed by atoms with E-state index in [1.807, 2.05) is 49.3 Å². The van der Waals surface area contributed by atoms with Gasteiger partial charge in [-0.25, -0.2) is 0 Å². The van der Waals surface area contributed by atoms with E-state index in [0.717, 1.165) is 11.3 Å². The molecule has 1 heterocycles. The normalized spacial score (nSPS) is 22.2. The lowest BCUT2D eigenvalue weighted by Crippen LogP contribution is -2.53. The molecule has 0 bridgehead atoms. The molecule has 1 amide bonds. The number of nitrogens with zero attached hydrogens (tertiary/aromatic N) is 2. The minimum atomic E-state index is -0.781. The van der Waals surface area contributed by atoms with E-state index in [1.54, 1.807) is 0 Å². The molecule has 1 aliphatic rings. The largest absolute Gasteiger partial charge is 0.378 e. The van der Waals surface area contributed by atoms with Crippen molar-refractivity contribution < 1.29 is 4.79 Å². The minimum absolute atomic E-state index is 0.262. The van der Waals surface area contributed by atoms with E-state index in [-0.39, 0.29) is 11.0 Å². The summed E-state index contributed by atoms with van der Waals surface area (Å²) >= 11 is 4.97. The monoisotopic (exact) mass is 274 g/mol. The summed E-state index contributed by atoms with van der Waals surface area (Å²) in [4.78, 5) is 13.7. The predicted molar refractivity (Wildman–Crippen MR) is 76.5 cm³/mol. The molecule has 0 saturated carbocycles. The van der Waals surface area contributed by atoms with Crippen LogP contribution in [0.3, 0.4) is 0 Å². The standard InChI is InChI=1S/C13H14N4OS/c1-17(2)9-5-3-8(4-6-9)11-10(7-14)12(18)16-13(19)15-11/h3-6,10-11H,1-2H3,(H2,15,16,18,19)/t10-,11+/m1/s1. The number of carbonyl (C=O) groups is 1. The number of rotatable bonds is 2. The molecule has 1 aromatic carbocycles. The topological polar surface area (TPSA) is 68.2 Å². The summed E-state index contributed by atoms with van der Waals surface area (Å²) in [5.74, 6) is -1.13. The van der Waals surface area contributed by atoms with Gasteiger partial charge in [0.25, 0.3) is 0 Å². The molecule has 1 aliphatic heterocycles. The van der Waals surface area contributed by atoms with Gasteiger partial charge in [-0.3, -0.25) is 4.79 Å². The van der Waals surface area contributed by atoms with E-state index in [1.165, 1.54) is 0 Å². The molecule has 2 atom stereocenters. The number of nitriles is 1. The zero-order valence-corrected chi connectivity index (χ0v) is 11.5. The summed E-state index contributed by atoms with van der Waals surface area (Å²) in [6, 6.07) is 9.31. The molecule has 19 heavy (non-hydrogen) atoms. The number of hydrogen-bond donors (Lipinski definition) is 2. The van der Waals surface area contributed by atoms with Gasteiger partial charge >= 0.3 is 0 Å². The first kappa shape index (κ1) is 13.3. The third-order valence-electron chi connectivity index (χ3n) is 3.05. The molecule has 5 nitrogen and oxygen atoms in total. The number of amides is 1. The van der Waals surface area contributed by atoms with Gasteiger partial charge in [0.1, 0.15) is 5.92 Å². The highest BCUT2D eigenvalue weighted by Gasteiger charge is 2.34. The van der Waals surface area contributed by atoms with Crippen molar-refractivity contribution >= 4 is 28.9 Å². The van der Waals surface area contributed by atoms with E-state index in [2.05, 4.69) is 10.6 Å². The molecule has 0 unspecified atom stereocenters. The van der Waals surface area contributed by atoms with Crippen molar-refractivity contribution in [3.05, 3.63) is 29.8 Å². The Kier molecular flexibility index (Phi) is 3.67. The first-order valence-electron chi connectivity index (χ1n) is 5.81. The van der Waals surface area contributed by atoms with Crippen molar-refractivity contribution in [1.82, 2.24) is 10.6 Å². The van der Waals surface area contributed by atoms with Crippen molar-refractivity contribution in [2.24, 2.45) is 5.92 Å². The van der Waals surface area contributed by atoms with Crippen LogP contribution in [-0.2, 0) is 4.79 Å². The van der Waals surface area contributed by atoms with Crippen LogP contribution in [0, 0.1) is 17.2 Å². The summed E-state index contributed by atoms with van der Waals surface area (Å²) in [7, 11) is 3.91. The van der Waals surface area contributed by atoms with Crippen molar-refractivity contribution in [2.75, 3.05) is 19.0 Å². The Morgan fingerprint density at radius 3 is 2.47 bits per heavy atom. The second kappa shape index (κ2) is 5.24. The van der Waals surface area contributed by atoms with Crippen LogP contribution in [-0.4, -0.2) is 25.1 Å². The summed E-state index contributed by atoms with van der Waals surface area (Å²) < 4.78 is 0. The van der Waals surface area contributed by atoms with E-state index in [4.69, 9.17) is 17.5 Å². The van der Waals surface area contributed by atoms with E-state index < -0.39 is 12.0 Å². The van der Waals surface area contributed by atoms with Gasteiger partial charge in [0, 0.05) is 19.8 Å². The maximum atomic E-state index is 11.7. The average Bonchev–Trinajstić information content (AvgIpc) is 2.38. The highest BCUT2D eigenvalue weighted by molar-refractivity contribution is 7.80. The third-order valence-corrected chi connectivity index (χ3v) is 3.27. The van der Waals surface area contributed by atoms with Crippen LogP contribution in [0.15, 0.2) is 24.3 Å². The van der Waals surface area contributed by atoms with Gasteiger partial charge < -0.3 is 15.5 Å². The predicted octanol–water partition coefficient (Wildman–Crippen LogP) is 0.938. The fourth-order valence-corrected chi connectivity index (χ4v) is 2.22. The number of carbonyl (C=O) groups excluding carboxylic acids is 1. The highest BCUT2D eigenvalue weighted by atomic mass is 32.1. The van der Waals surface area contributed by atoms with Gasteiger partial charge in [0.15, 0.2) is 5.11 Å². The number of anilines is 1. The molecular weight excluding hydrogens is 260 g/mol. The molecular formula is C13H14N4OS. The fourth-order valence-electron chi connectivity index (χ4n) is 1.99. The number of thiocarbonyl (C=S) groups is 1. The number of nitrogens with one attached hydrogen (secondary N) is 2. The summed E-state index contributed by atoms with van der Waals surface area (Å²) in [5.41, 5.74) is 1.93. The summed E-state index contributed by atoms with van der Waals surface area (Å²) in [5, 5.41) is 14.8. The zero-order chi connectivity index (χ0) is 14.0. The molecule has 98 valence electrons. The van der Waals surface area contributed by atoms with E-state index in [0.29, 0.717) is 0 Å². The van der Waals surface area contributed by atoms with E-state index >= 15 is 0 Å². The fraction of sp³-hybridized carbons (Fsp3) is 0.308. The first-order chi connectivity index (χ1) is 9.02. The Balaban J connectivity index is 2.30. The van der Waals surface area contributed by atoms with Crippen LogP contribution in [0.1, 0.15) is 11.6 Å². The lowest BCUT2D eigenvalue weighted by atomic mass is 9.92. The molecule has 0 aliphatic carbocycles. The van der Waals surface area contributed by atoms with Crippen LogP contribution >= 0.6 is 12.2 Å². The van der Waals surface area contributed by atoms with Crippen LogP contribution in [0.2, 0.25) is 0 Å². The summed E-state index contributed by atoms with van der Waals surface area (Å²) in [6.45, 7) is 0. The molecule has 0 radical (unpaired) electrons. The number of benzene rings is 1. The second-order valence-corrected chi connectivity index (χ2v) is 4.94.